The highest BCUT2D eigenvalue weighted by molar-refractivity contribution is 7.89. The zero-order chi connectivity index (χ0) is 14.5. The van der Waals surface area contributed by atoms with Gasteiger partial charge in [0.25, 0.3) is 0 Å². The molecule has 0 fully saturated rings. The second-order valence-corrected chi connectivity index (χ2v) is 5.81. The van der Waals surface area contributed by atoms with Crippen LogP contribution >= 0.6 is 0 Å². The van der Waals surface area contributed by atoms with Gasteiger partial charge in [-0.15, -0.1) is 0 Å². The Morgan fingerprint density at radius 2 is 2.11 bits per heavy atom. The minimum absolute atomic E-state index is 0.0292. The minimum Gasteiger partial charge on any atom is -0.292 e. The number of anilines is 1. The molecule has 1 rings (SSSR count). The molecule has 0 saturated carbocycles. The molecule has 8 nitrogen and oxygen atoms in total. The van der Waals surface area contributed by atoms with Gasteiger partial charge < -0.3 is 0 Å². The first kappa shape index (κ1) is 15.3. The number of nitrogen functional groups attached to an aromatic ring is 1. The van der Waals surface area contributed by atoms with Crippen molar-refractivity contribution in [1.82, 2.24) is 14.3 Å². The lowest BCUT2D eigenvalue weighted by Gasteiger charge is -2.21. The summed E-state index contributed by atoms with van der Waals surface area (Å²) in [7, 11) is -3.69. The second-order valence-electron chi connectivity index (χ2n) is 3.87. The van der Waals surface area contributed by atoms with E-state index < -0.39 is 10.0 Å². The molecule has 0 spiro atoms. The Hall–Kier alpha value is -1.76. The number of sulfonamides is 1. The molecule has 0 bridgehead atoms. The van der Waals surface area contributed by atoms with Crippen LogP contribution in [-0.2, 0) is 10.0 Å². The van der Waals surface area contributed by atoms with E-state index in [-0.39, 0.29) is 29.9 Å². The lowest BCUT2D eigenvalue weighted by molar-refractivity contribution is 0.399. The molecule has 0 radical (unpaired) electrons. The van der Waals surface area contributed by atoms with E-state index in [0.29, 0.717) is 0 Å². The number of rotatable bonds is 6. The molecule has 0 aromatic carbocycles. The number of hydrazine groups is 1. The van der Waals surface area contributed by atoms with Crippen LogP contribution < -0.4 is 11.3 Å². The normalized spacial score (nSPS) is 13.0. The van der Waals surface area contributed by atoms with Gasteiger partial charge in [-0.25, -0.2) is 24.2 Å². The highest BCUT2D eigenvalue weighted by atomic mass is 32.2. The van der Waals surface area contributed by atoms with Crippen LogP contribution in [0.3, 0.4) is 0 Å². The minimum atomic E-state index is -3.69. The standard InChI is InChI=1S/C10H16N6O2S/c1-3-16(7-8(2)4-11)19(17,18)9-5-13-10(15-12)14-6-9/h5-6,8H,3,7,12H2,1-2H3,(H,13,14,15). The number of hydrogen-bond acceptors (Lipinski definition) is 7. The van der Waals surface area contributed by atoms with Gasteiger partial charge in [-0.2, -0.15) is 9.57 Å². The van der Waals surface area contributed by atoms with Gasteiger partial charge in [0.1, 0.15) is 4.90 Å². The maximum Gasteiger partial charge on any atom is 0.246 e. The Morgan fingerprint density at radius 3 is 2.53 bits per heavy atom. The molecule has 1 aromatic rings. The van der Waals surface area contributed by atoms with Crippen LogP contribution in [-0.4, -0.2) is 35.8 Å². The molecule has 1 unspecified atom stereocenters. The summed E-state index contributed by atoms with van der Waals surface area (Å²) in [5.74, 6) is 4.85. The number of nitriles is 1. The van der Waals surface area contributed by atoms with E-state index in [1.165, 1.54) is 16.7 Å². The topological polar surface area (TPSA) is 125 Å². The summed E-state index contributed by atoms with van der Waals surface area (Å²) in [6.07, 6.45) is 2.36. The molecule has 104 valence electrons. The average Bonchev–Trinajstić information content (AvgIpc) is 2.44. The van der Waals surface area contributed by atoms with Gasteiger partial charge >= 0.3 is 0 Å². The molecule has 19 heavy (non-hydrogen) atoms. The Labute approximate surface area is 112 Å². The van der Waals surface area contributed by atoms with Crippen molar-refractivity contribution >= 4 is 16.0 Å². The van der Waals surface area contributed by atoms with E-state index in [9.17, 15) is 8.42 Å². The largest absolute Gasteiger partial charge is 0.292 e. The first-order chi connectivity index (χ1) is 8.95. The number of nitrogens with zero attached hydrogens (tertiary/aromatic N) is 4. The zero-order valence-corrected chi connectivity index (χ0v) is 11.6. The van der Waals surface area contributed by atoms with E-state index >= 15 is 0 Å². The van der Waals surface area contributed by atoms with Crippen molar-refractivity contribution < 1.29 is 8.42 Å². The predicted molar refractivity (Wildman–Crippen MR) is 69.1 cm³/mol. The van der Waals surface area contributed by atoms with Gasteiger partial charge in [0, 0.05) is 13.1 Å². The predicted octanol–water partition coefficient (Wildman–Crippen LogP) is -0.0675. The van der Waals surface area contributed by atoms with Crippen LogP contribution in [0.5, 0.6) is 0 Å². The van der Waals surface area contributed by atoms with E-state index in [1.807, 2.05) is 6.07 Å². The maximum atomic E-state index is 12.3. The summed E-state index contributed by atoms with van der Waals surface area (Å²) in [5, 5.41) is 8.77. The number of hydrogen-bond donors (Lipinski definition) is 2. The van der Waals surface area contributed by atoms with Crippen LogP contribution in [0.2, 0.25) is 0 Å². The molecule has 0 aliphatic rings. The Bertz CT molecular complexity index is 550. The van der Waals surface area contributed by atoms with Crippen molar-refractivity contribution in [3.05, 3.63) is 12.4 Å². The molecule has 0 amide bonds. The monoisotopic (exact) mass is 284 g/mol. The fourth-order valence-electron chi connectivity index (χ4n) is 1.42. The van der Waals surface area contributed by atoms with E-state index in [2.05, 4.69) is 15.4 Å². The maximum absolute atomic E-state index is 12.3. The smallest absolute Gasteiger partial charge is 0.246 e. The molecule has 9 heteroatoms. The Balaban J connectivity index is 3.03. The summed E-state index contributed by atoms with van der Waals surface area (Å²) in [6, 6.07) is 2.01. The number of aromatic nitrogens is 2. The van der Waals surface area contributed by atoms with Crippen LogP contribution in [0.15, 0.2) is 17.3 Å². The van der Waals surface area contributed by atoms with Crippen molar-refractivity contribution in [2.24, 2.45) is 11.8 Å². The fourth-order valence-corrected chi connectivity index (χ4v) is 2.85. The van der Waals surface area contributed by atoms with E-state index in [4.69, 9.17) is 11.1 Å². The molecular formula is C10H16N6O2S. The van der Waals surface area contributed by atoms with Crippen molar-refractivity contribution in [3.8, 4) is 6.07 Å². The SMILES string of the molecule is CCN(CC(C)C#N)S(=O)(=O)c1cnc(NN)nc1. The highest BCUT2D eigenvalue weighted by Crippen LogP contribution is 2.15. The third kappa shape index (κ3) is 3.60. The van der Waals surface area contributed by atoms with Crippen molar-refractivity contribution in [3.63, 3.8) is 0 Å². The molecule has 1 atom stereocenters. The number of nitrogens with one attached hydrogen (secondary N) is 1. The first-order valence-electron chi connectivity index (χ1n) is 5.64. The van der Waals surface area contributed by atoms with Crippen LogP contribution in [0.1, 0.15) is 13.8 Å². The van der Waals surface area contributed by atoms with Crippen LogP contribution in [0.25, 0.3) is 0 Å². The summed E-state index contributed by atoms with van der Waals surface area (Å²) in [6.45, 7) is 3.77. The molecule has 1 heterocycles. The van der Waals surface area contributed by atoms with Crippen LogP contribution in [0.4, 0.5) is 5.95 Å². The Morgan fingerprint density at radius 1 is 1.53 bits per heavy atom. The van der Waals surface area contributed by atoms with Crippen LogP contribution in [0, 0.1) is 17.2 Å². The van der Waals surface area contributed by atoms with E-state index in [0.717, 1.165) is 0 Å². The lowest BCUT2D eigenvalue weighted by Crippen LogP contribution is -2.34. The first-order valence-corrected chi connectivity index (χ1v) is 7.08. The molecular weight excluding hydrogens is 268 g/mol. The lowest BCUT2D eigenvalue weighted by atomic mass is 10.2. The quantitative estimate of drug-likeness (QED) is 0.553. The number of nitrogens with two attached hydrogens (primary N) is 1. The molecule has 0 saturated heterocycles. The second kappa shape index (κ2) is 6.42. The third-order valence-corrected chi connectivity index (χ3v) is 4.34. The van der Waals surface area contributed by atoms with Gasteiger partial charge in [0.15, 0.2) is 0 Å². The molecule has 0 aliphatic carbocycles. The third-order valence-electron chi connectivity index (χ3n) is 2.45. The van der Waals surface area contributed by atoms with Gasteiger partial charge in [0.05, 0.1) is 24.4 Å². The summed E-state index contributed by atoms with van der Waals surface area (Å²) < 4.78 is 25.8. The highest BCUT2D eigenvalue weighted by Gasteiger charge is 2.25. The summed E-state index contributed by atoms with van der Waals surface area (Å²) >= 11 is 0. The molecule has 1 aromatic heterocycles. The van der Waals surface area contributed by atoms with Gasteiger partial charge in [-0.05, 0) is 6.92 Å². The van der Waals surface area contributed by atoms with Crippen molar-refractivity contribution in [2.75, 3.05) is 18.5 Å². The molecule has 3 N–H and O–H groups in total. The van der Waals surface area contributed by atoms with Gasteiger partial charge in [0.2, 0.25) is 16.0 Å². The summed E-state index contributed by atoms with van der Waals surface area (Å²) in [4.78, 5) is 7.49. The zero-order valence-electron chi connectivity index (χ0n) is 10.7. The van der Waals surface area contributed by atoms with Crippen molar-refractivity contribution in [2.45, 2.75) is 18.7 Å². The average molecular weight is 284 g/mol. The van der Waals surface area contributed by atoms with E-state index in [1.54, 1.807) is 13.8 Å². The van der Waals surface area contributed by atoms with Gasteiger partial charge in [-0.1, -0.05) is 6.92 Å². The fraction of sp³-hybridized carbons (Fsp3) is 0.500. The van der Waals surface area contributed by atoms with Gasteiger partial charge in [-0.3, -0.25) is 5.43 Å². The Kier molecular flexibility index (Phi) is 5.17. The summed E-state index contributed by atoms with van der Waals surface area (Å²) in [5.41, 5.74) is 2.22. The van der Waals surface area contributed by atoms with Crippen molar-refractivity contribution in [1.29, 1.82) is 5.26 Å². The molecule has 0 aliphatic heterocycles.